The normalized spacial score (nSPS) is 10.9. The molecule has 0 aliphatic rings. The zero-order chi connectivity index (χ0) is 11.8. The zero-order valence-electron chi connectivity index (χ0n) is 8.61. The molecule has 0 radical (unpaired) electrons. The maximum atomic E-state index is 12.8. The lowest BCUT2D eigenvalue weighted by molar-refractivity contribution is 0.614. The van der Waals surface area contributed by atoms with Crippen molar-refractivity contribution in [3.05, 3.63) is 52.8 Å². The van der Waals surface area contributed by atoms with E-state index in [1.54, 1.807) is 18.2 Å². The molecule has 17 heavy (non-hydrogen) atoms. The van der Waals surface area contributed by atoms with E-state index in [9.17, 15) is 9.18 Å². The number of fused-ring (bicyclic) bond motifs is 1. The van der Waals surface area contributed by atoms with Gasteiger partial charge >= 0.3 is 0 Å². The first-order valence-electron chi connectivity index (χ1n) is 4.97. The van der Waals surface area contributed by atoms with Crippen LogP contribution in [0, 0.1) is 5.82 Å². The third-order valence-corrected chi connectivity index (χ3v) is 2.46. The van der Waals surface area contributed by atoms with E-state index >= 15 is 0 Å². The number of rotatable bonds is 1. The van der Waals surface area contributed by atoms with E-state index in [-0.39, 0.29) is 17.1 Å². The lowest BCUT2D eigenvalue weighted by atomic mass is 10.1. The minimum atomic E-state index is -0.319. The van der Waals surface area contributed by atoms with Crippen LogP contribution >= 0.6 is 0 Å². The second kappa shape index (κ2) is 3.55. The number of aromatic amines is 1. The van der Waals surface area contributed by atoms with Crippen molar-refractivity contribution in [3.63, 3.8) is 0 Å². The van der Waals surface area contributed by atoms with Gasteiger partial charge in [0.1, 0.15) is 17.0 Å². The molecule has 0 spiro atoms. The Hall–Kier alpha value is -2.43. The van der Waals surface area contributed by atoms with Crippen molar-refractivity contribution in [3.8, 4) is 11.3 Å². The third kappa shape index (κ3) is 1.61. The summed E-state index contributed by atoms with van der Waals surface area (Å²) in [6.45, 7) is 0. The highest BCUT2D eigenvalue weighted by atomic mass is 19.1. The molecule has 0 bridgehead atoms. The number of H-pyrrole nitrogens is 1. The molecule has 0 amide bonds. The highest BCUT2D eigenvalue weighted by molar-refractivity contribution is 5.78. The molecule has 1 N–H and O–H groups in total. The lowest BCUT2D eigenvalue weighted by Crippen LogP contribution is -2.03. The summed E-state index contributed by atoms with van der Waals surface area (Å²) in [5, 5.41) is 0.381. The number of nitrogens with zero attached hydrogens (tertiary/aromatic N) is 1. The molecule has 3 aromatic rings. The van der Waals surface area contributed by atoms with Crippen molar-refractivity contribution >= 4 is 11.1 Å². The standard InChI is InChI=1S/C12H7FN2O2/c13-8-3-1-7(2-4-8)10-5-9-11(16)14-6-15-12(9)17-10/h1-6H,(H,14,15,16). The molecule has 0 saturated heterocycles. The summed E-state index contributed by atoms with van der Waals surface area (Å²) in [5.74, 6) is 0.171. The van der Waals surface area contributed by atoms with Crippen molar-refractivity contribution in [1.82, 2.24) is 9.97 Å². The van der Waals surface area contributed by atoms with Gasteiger partial charge in [-0.05, 0) is 30.3 Å². The van der Waals surface area contributed by atoms with Crippen molar-refractivity contribution < 1.29 is 8.81 Å². The molecule has 5 heteroatoms. The molecule has 2 heterocycles. The van der Waals surface area contributed by atoms with Crippen molar-refractivity contribution in [2.75, 3.05) is 0 Å². The minimum Gasteiger partial charge on any atom is -0.437 e. The number of hydrogen-bond donors (Lipinski definition) is 1. The van der Waals surface area contributed by atoms with Crippen LogP contribution in [0.5, 0.6) is 0 Å². The van der Waals surface area contributed by atoms with Gasteiger partial charge in [0, 0.05) is 5.56 Å². The van der Waals surface area contributed by atoms with Crippen LogP contribution in [0.25, 0.3) is 22.4 Å². The Morgan fingerprint density at radius 1 is 1.24 bits per heavy atom. The van der Waals surface area contributed by atoms with Crippen molar-refractivity contribution in [1.29, 1.82) is 0 Å². The van der Waals surface area contributed by atoms with Crippen molar-refractivity contribution in [2.45, 2.75) is 0 Å². The van der Waals surface area contributed by atoms with Gasteiger partial charge in [0.05, 0.1) is 6.33 Å². The number of nitrogens with one attached hydrogen (secondary N) is 1. The average Bonchev–Trinajstić information content (AvgIpc) is 2.75. The van der Waals surface area contributed by atoms with Crippen LogP contribution in [0.15, 0.2) is 45.9 Å². The van der Waals surface area contributed by atoms with E-state index in [1.807, 2.05) is 0 Å². The highest BCUT2D eigenvalue weighted by Gasteiger charge is 2.09. The van der Waals surface area contributed by atoms with E-state index in [0.29, 0.717) is 16.7 Å². The summed E-state index contributed by atoms with van der Waals surface area (Å²) in [4.78, 5) is 17.8. The molecule has 3 rings (SSSR count). The fourth-order valence-electron chi connectivity index (χ4n) is 1.62. The van der Waals surface area contributed by atoms with Crippen molar-refractivity contribution in [2.24, 2.45) is 0 Å². The first-order valence-corrected chi connectivity index (χ1v) is 4.97. The van der Waals surface area contributed by atoms with Gasteiger partial charge in [0.2, 0.25) is 5.71 Å². The van der Waals surface area contributed by atoms with Gasteiger partial charge in [-0.2, -0.15) is 0 Å². The van der Waals surface area contributed by atoms with Gasteiger partial charge in [-0.3, -0.25) is 4.79 Å². The summed E-state index contributed by atoms with van der Waals surface area (Å²) < 4.78 is 18.2. The number of benzene rings is 1. The first kappa shape index (κ1) is 9.77. The highest BCUT2D eigenvalue weighted by Crippen LogP contribution is 2.24. The van der Waals surface area contributed by atoms with E-state index in [2.05, 4.69) is 9.97 Å². The topological polar surface area (TPSA) is 58.9 Å². The Balaban J connectivity index is 2.21. The fraction of sp³-hybridized carbons (Fsp3) is 0. The van der Waals surface area contributed by atoms with Gasteiger partial charge in [-0.25, -0.2) is 9.37 Å². The van der Waals surface area contributed by atoms with Crippen LogP contribution in [0.1, 0.15) is 0 Å². The third-order valence-electron chi connectivity index (χ3n) is 2.46. The van der Waals surface area contributed by atoms with E-state index in [4.69, 9.17) is 4.42 Å². The SMILES string of the molecule is O=c1[nH]cnc2oc(-c3ccc(F)cc3)cc12. The maximum Gasteiger partial charge on any atom is 0.262 e. The minimum absolute atomic E-state index is 0.257. The second-order valence-corrected chi connectivity index (χ2v) is 3.57. The molecular weight excluding hydrogens is 223 g/mol. The molecule has 0 unspecified atom stereocenters. The van der Waals surface area contributed by atoms with E-state index < -0.39 is 0 Å². The summed E-state index contributed by atoms with van der Waals surface area (Å²) >= 11 is 0. The Morgan fingerprint density at radius 2 is 2.00 bits per heavy atom. The van der Waals surface area contributed by atoms with E-state index in [0.717, 1.165) is 0 Å². The Kier molecular flexibility index (Phi) is 2.04. The number of furan rings is 1. The van der Waals surface area contributed by atoms with E-state index in [1.165, 1.54) is 18.5 Å². The average molecular weight is 230 g/mol. The van der Waals surface area contributed by atoms with Crippen LogP contribution < -0.4 is 5.56 Å². The molecule has 0 atom stereocenters. The van der Waals surface area contributed by atoms with Crippen LogP contribution in [-0.4, -0.2) is 9.97 Å². The molecule has 84 valence electrons. The molecule has 0 fully saturated rings. The number of halogens is 1. The van der Waals surface area contributed by atoms with Crippen LogP contribution in [-0.2, 0) is 0 Å². The molecule has 1 aromatic carbocycles. The largest absolute Gasteiger partial charge is 0.437 e. The molecular formula is C12H7FN2O2. The Bertz CT molecular complexity index is 728. The Labute approximate surface area is 94.7 Å². The molecule has 2 aromatic heterocycles. The lowest BCUT2D eigenvalue weighted by Gasteiger charge is -1.94. The van der Waals surface area contributed by atoms with Crippen LogP contribution in [0.4, 0.5) is 4.39 Å². The summed E-state index contributed by atoms with van der Waals surface area (Å²) in [6, 6.07) is 7.43. The molecule has 0 saturated carbocycles. The van der Waals surface area contributed by atoms with Gasteiger partial charge < -0.3 is 9.40 Å². The summed E-state index contributed by atoms with van der Waals surface area (Å²) in [6.07, 6.45) is 1.28. The van der Waals surface area contributed by atoms with Crippen LogP contribution in [0.2, 0.25) is 0 Å². The number of aromatic nitrogens is 2. The first-order chi connectivity index (χ1) is 8.24. The monoisotopic (exact) mass is 230 g/mol. The zero-order valence-corrected chi connectivity index (χ0v) is 8.61. The van der Waals surface area contributed by atoms with Gasteiger partial charge in [0.25, 0.3) is 5.56 Å². The Morgan fingerprint density at radius 3 is 2.71 bits per heavy atom. The molecule has 4 nitrogen and oxygen atoms in total. The van der Waals surface area contributed by atoms with Gasteiger partial charge in [-0.1, -0.05) is 0 Å². The summed E-state index contributed by atoms with van der Waals surface area (Å²) in [7, 11) is 0. The second-order valence-electron chi connectivity index (χ2n) is 3.57. The predicted octanol–water partition coefficient (Wildman–Crippen LogP) is 2.32. The fourth-order valence-corrected chi connectivity index (χ4v) is 1.62. The molecule has 0 aliphatic carbocycles. The maximum absolute atomic E-state index is 12.8. The molecule has 0 aliphatic heterocycles. The van der Waals surface area contributed by atoms with Crippen LogP contribution in [0.3, 0.4) is 0 Å². The summed E-state index contributed by atoms with van der Waals surface area (Å²) in [5.41, 5.74) is 0.712. The smallest absolute Gasteiger partial charge is 0.262 e. The predicted molar refractivity (Wildman–Crippen MR) is 60.0 cm³/mol. The van der Waals surface area contributed by atoms with Gasteiger partial charge in [0.15, 0.2) is 0 Å². The van der Waals surface area contributed by atoms with Gasteiger partial charge in [-0.15, -0.1) is 0 Å². The quantitative estimate of drug-likeness (QED) is 0.697. The number of hydrogen-bond acceptors (Lipinski definition) is 3.